The summed E-state index contributed by atoms with van der Waals surface area (Å²) >= 11 is 0. The van der Waals surface area contributed by atoms with Crippen molar-refractivity contribution in [1.82, 2.24) is 4.90 Å². The predicted octanol–water partition coefficient (Wildman–Crippen LogP) is 1.89. The summed E-state index contributed by atoms with van der Waals surface area (Å²) < 4.78 is 0. The molecular formula is C15H23N3O. The minimum absolute atomic E-state index is 0.145. The highest BCUT2D eigenvalue weighted by molar-refractivity contribution is 5.84. The van der Waals surface area contributed by atoms with Crippen LogP contribution in [0, 0.1) is 0 Å². The number of hydrogen-bond donors (Lipinski definition) is 1. The molecule has 1 aromatic carbocycles. The zero-order valence-electron chi connectivity index (χ0n) is 12.0. The second-order valence-electron chi connectivity index (χ2n) is 5.48. The quantitative estimate of drug-likeness (QED) is 0.845. The molecule has 1 aromatic rings. The van der Waals surface area contributed by atoms with Crippen LogP contribution in [-0.2, 0) is 11.2 Å². The van der Waals surface area contributed by atoms with Gasteiger partial charge in [-0.3, -0.25) is 4.79 Å². The van der Waals surface area contributed by atoms with Gasteiger partial charge in [0.1, 0.15) is 0 Å². The maximum absolute atomic E-state index is 12.2. The zero-order valence-corrected chi connectivity index (χ0v) is 12.0. The minimum atomic E-state index is 0.145. The predicted molar refractivity (Wildman–Crippen MR) is 79.3 cm³/mol. The monoisotopic (exact) mass is 261 g/mol. The summed E-state index contributed by atoms with van der Waals surface area (Å²) in [5.41, 5.74) is 9.16. The van der Waals surface area contributed by atoms with Crippen LogP contribution in [0.3, 0.4) is 0 Å². The molecule has 0 unspecified atom stereocenters. The Hall–Kier alpha value is -1.71. The van der Waals surface area contributed by atoms with Gasteiger partial charge in [0.2, 0.25) is 5.91 Å². The van der Waals surface area contributed by atoms with Crippen LogP contribution < -0.4 is 10.6 Å². The molecule has 4 nitrogen and oxygen atoms in total. The van der Waals surface area contributed by atoms with Crippen molar-refractivity contribution in [1.29, 1.82) is 0 Å². The van der Waals surface area contributed by atoms with Crippen LogP contribution in [0.4, 0.5) is 11.4 Å². The number of likely N-dealkylation sites (N-methyl/N-ethyl adjacent to an activating group) is 1. The third-order valence-corrected chi connectivity index (χ3v) is 3.84. The third kappa shape index (κ3) is 2.83. The number of fused-ring (bicyclic) bond motifs is 1. The van der Waals surface area contributed by atoms with Gasteiger partial charge in [0.05, 0.1) is 17.9 Å². The standard InChI is InChI=1S/C15H23N3O/c1-11(2)17(3)14(19)10-18-9-5-7-12-6-4-8-13(16)15(12)18/h4,6,8,11H,5,7,9-10,16H2,1-3H3. The van der Waals surface area contributed by atoms with Gasteiger partial charge in [0.15, 0.2) is 0 Å². The van der Waals surface area contributed by atoms with Gasteiger partial charge in [-0.1, -0.05) is 12.1 Å². The van der Waals surface area contributed by atoms with E-state index in [2.05, 4.69) is 11.0 Å². The first kappa shape index (κ1) is 13.7. The number of carbonyl (C=O) groups excluding carboxylic acids is 1. The molecule has 1 amide bonds. The zero-order chi connectivity index (χ0) is 14.0. The first-order chi connectivity index (χ1) is 9.00. The van der Waals surface area contributed by atoms with Crippen molar-refractivity contribution in [3.8, 4) is 0 Å². The van der Waals surface area contributed by atoms with Crippen molar-refractivity contribution < 1.29 is 4.79 Å². The van der Waals surface area contributed by atoms with Gasteiger partial charge < -0.3 is 15.5 Å². The number of hydrogen-bond acceptors (Lipinski definition) is 3. The molecule has 1 heterocycles. The number of nitrogen functional groups attached to an aromatic ring is 1. The van der Waals surface area contributed by atoms with E-state index < -0.39 is 0 Å². The molecule has 2 rings (SSSR count). The molecule has 4 heteroatoms. The van der Waals surface area contributed by atoms with Gasteiger partial charge in [-0.2, -0.15) is 0 Å². The molecule has 0 aromatic heterocycles. The van der Waals surface area contributed by atoms with Gasteiger partial charge >= 0.3 is 0 Å². The molecule has 0 spiro atoms. The van der Waals surface area contributed by atoms with Crippen molar-refractivity contribution in [3.05, 3.63) is 23.8 Å². The molecule has 0 bridgehead atoms. The first-order valence-electron chi connectivity index (χ1n) is 6.88. The van der Waals surface area contributed by atoms with Gasteiger partial charge in [0.25, 0.3) is 0 Å². The lowest BCUT2D eigenvalue weighted by atomic mass is 10.0. The maximum atomic E-state index is 12.2. The lowest BCUT2D eigenvalue weighted by Crippen LogP contribution is -2.43. The van der Waals surface area contributed by atoms with E-state index in [1.54, 1.807) is 4.90 Å². The molecule has 0 atom stereocenters. The van der Waals surface area contributed by atoms with Crippen LogP contribution >= 0.6 is 0 Å². The highest BCUT2D eigenvalue weighted by Crippen LogP contribution is 2.32. The normalized spacial score (nSPS) is 14.4. The fourth-order valence-electron chi connectivity index (χ4n) is 2.49. The topological polar surface area (TPSA) is 49.6 Å². The van der Waals surface area contributed by atoms with E-state index in [0.29, 0.717) is 6.54 Å². The minimum Gasteiger partial charge on any atom is -0.397 e. The number of para-hydroxylation sites is 1. The van der Waals surface area contributed by atoms with E-state index in [1.807, 2.05) is 33.0 Å². The number of nitrogens with zero attached hydrogens (tertiary/aromatic N) is 2. The lowest BCUT2D eigenvalue weighted by Gasteiger charge is -2.33. The summed E-state index contributed by atoms with van der Waals surface area (Å²) in [6.07, 6.45) is 2.13. The van der Waals surface area contributed by atoms with Crippen LogP contribution in [0.1, 0.15) is 25.8 Å². The third-order valence-electron chi connectivity index (χ3n) is 3.84. The second kappa shape index (κ2) is 5.51. The summed E-state index contributed by atoms with van der Waals surface area (Å²) in [5.74, 6) is 0.145. The first-order valence-corrected chi connectivity index (χ1v) is 6.88. The van der Waals surface area contributed by atoms with E-state index in [4.69, 9.17) is 5.73 Å². The lowest BCUT2D eigenvalue weighted by molar-refractivity contribution is -0.129. The van der Waals surface area contributed by atoms with Gasteiger partial charge in [-0.05, 0) is 38.3 Å². The smallest absolute Gasteiger partial charge is 0.242 e. The number of benzene rings is 1. The van der Waals surface area contributed by atoms with Crippen LogP contribution in [0.5, 0.6) is 0 Å². The number of rotatable bonds is 3. The summed E-state index contributed by atoms with van der Waals surface area (Å²) in [7, 11) is 1.85. The van der Waals surface area contributed by atoms with E-state index >= 15 is 0 Å². The Morgan fingerprint density at radius 3 is 2.89 bits per heavy atom. The van der Waals surface area contributed by atoms with Crippen molar-refractivity contribution in [2.75, 3.05) is 30.8 Å². The molecular weight excluding hydrogens is 238 g/mol. The Morgan fingerprint density at radius 2 is 2.21 bits per heavy atom. The van der Waals surface area contributed by atoms with Crippen molar-refractivity contribution in [2.45, 2.75) is 32.7 Å². The number of carbonyl (C=O) groups is 1. The largest absolute Gasteiger partial charge is 0.397 e. The molecule has 0 fully saturated rings. The summed E-state index contributed by atoms with van der Waals surface area (Å²) in [6.45, 7) is 5.36. The van der Waals surface area contributed by atoms with Crippen molar-refractivity contribution >= 4 is 17.3 Å². The summed E-state index contributed by atoms with van der Waals surface area (Å²) in [4.78, 5) is 16.1. The number of aryl methyl sites for hydroxylation is 1. The maximum Gasteiger partial charge on any atom is 0.242 e. The Morgan fingerprint density at radius 1 is 1.47 bits per heavy atom. The SMILES string of the molecule is CC(C)N(C)C(=O)CN1CCCc2cccc(N)c21. The van der Waals surface area contributed by atoms with E-state index in [-0.39, 0.29) is 11.9 Å². The van der Waals surface area contributed by atoms with Gasteiger partial charge in [-0.15, -0.1) is 0 Å². The van der Waals surface area contributed by atoms with Gasteiger partial charge in [0, 0.05) is 19.6 Å². The molecule has 19 heavy (non-hydrogen) atoms. The second-order valence-corrected chi connectivity index (χ2v) is 5.48. The number of anilines is 2. The summed E-state index contributed by atoms with van der Waals surface area (Å²) in [5, 5.41) is 0. The van der Waals surface area contributed by atoms with Crippen LogP contribution in [-0.4, -0.2) is 37.0 Å². The van der Waals surface area contributed by atoms with E-state index in [1.165, 1.54) is 5.56 Å². The Labute approximate surface area is 115 Å². The Balaban J connectivity index is 2.18. The Kier molecular flexibility index (Phi) is 3.98. The van der Waals surface area contributed by atoms with E-state index in [9.17, 15) is 4.79 Å². The highest BCUT2D eigenvalue weighted by Gasteiger charge is 2.23. The molecule has 1 aliphatic heterocycles. The molecule has 104 valence electrons. The number of amides is 1. The summed E-state index contributed by atoms with van der Waals surface area (Å²) in [6, 6.07) is 6.23. The Bertz CT molecular complexity index is 470. The van der Waals surface area contributed by atoms with Crippen LogP contribution in [0.2, 0.25) is 0 Å². The van der Waals surface area contributed by atoms with Gasteiger partial charge in [-0.25, -0.2) is 0 Å². The fraction of sp³-hybridized carbons (Fsp3) is 0.533. The molecule has 0 saturated heterocycles. The average molecular weight is 261 g/mol. The van der Waals surface area contributed by atoms with Crippen molar-refractivity contribution in [3.63, 3.8) is 0 Å². The molecule has 0 radical (unpaired) electrons. The highest BCUT2D eigenvalue weighted by atomic mass is 16.2. The molecule has 1 aliphatic rings. The average Bonchev–Trinajstić information content (AvgIpc) is 2.38. The van der Waals surface area contributed by atoms with Crippen molar-refractivity contribution in [2.24, 2.45) is 0 Å². The molecule has 2 N–H and O–H groups in total. The van der Waals surface area contributed by atoms with E-state index in [0.717, 1.165) is 30.8 Å². The fourth-order valence-corrected chi connectivity index (χ4v) is 2.49. The van der Waals surface area contributed by atoms with Crippen LogP contribution in [0.25, 0.3) is 0 Å². The van der Waals surface area contributed by atoms with Crippen LogP contribution in [0.15, 0.2) is 18.2 Å². The molecule has 0 saturated carbocycles. The number of nitrogens with two attached hydrogens (primary N) is 1. The molecule has 0 aliphatic carbocycles.